The van der Waals surface area contributed by atoms with E-state index in [0.717, 1.165) is 43.3 Å². The summed E-state index contributed by atoms with van der Waals surface area (Å²) < 4.78 is 17.0. The summed E-state index contributed by atoms with van der Waals surface area (Å²) in [5.74, 6) is 1.30. The number of hydrogen-bond donors (Lipinski definition) is 0. The van der Waals surface area contributed by atoms with Crippen LogP contribution in [0.5, 0.6) is 11.5 Å². The number of ether oxygens (including phenoxy) is 3. The molecule has 4 heteroatoms. The summed E-state index contributed by atoms with van der Waals surface area (Å²) >= 11 is 0. The monoisotopic (exact) mass is 304 g/mol. The fourth-order valence-electron chi connectivity index (χ4n) is 2.52. The number of carbonyl (C=O) groups is 1. The average Bonchev–Trinajstić information content (AvgIpc) is 2.54. The third kappa shape index (κ3) is 3.69. The standard InChI is InChI=1S/C18H24O4/c1-12(2)13(3)15-9-14(11-19)16(20-4)10-17(15)22-18-7-5-6-8-21-18/h9-11,13,18H,1,5-8H2,2-4H3. The molecule has 2 rings (SSSR count). The SMILES string of the molecule is C=C(C)C(C)c1cc(C=O)c(OC)cc1OC1CCCCO1. The molecule has 1 fully saturated rings. The number of benzene rings is 1. The molecule has 1 heterocycles. The Kier molecular flexibility index (Phi) is 5.61. The van der Waals surface area contributed by atoms with Gasteiger partial charge < -0.3 is 14.2 Å². The van der Waals surface area contributed by atoms with Gasteiger partial charge in [-0.1, -0.05) is 19.1 Å². The van der Waals surface area contributed by atoms with E-state index in [-0.39, 0.29) is 12.2 Å². The molecular formula is C18H24O4. The topological polar surface area (TPSA) is 44.8 Å². The molecule has 1 aromatic carbocycles. The van der Waals surface area contributed by atoms with Gasteiger partial charge in [-0.15, -0.1) is 0 Å². The first-order valence-corrected chi connectivity index (χ1v) is 7.67. The van der Waals surface area contributed by atoms with Crippen LogP contribution in [0.4, 0.5) is 0 Å². The van der Waals surface area contributed by atoms with E-state index < -0.39 is 0 Å². The maximum absolute atomic E-state index is 11.3. The zero-order valence-corrected chi connectivity index (χ0v) is 13.6. The molecule has 0 saturated carbocycles. The van der Waals surface area contributed by atoms with Gasteiger partial charge in [0.15, 0.2) is 12.6 Å². The van der Waals surface area contributed by atoms with Gasteiger partial charge in [-0.3, -0.25) is 4.79 Å². The van der Waals surface area contributed by atoms with Gasteiger partial charge in [0.1, 0.15) is 11.5 Å². The molecule has 0 N–H and O–H groups in total. The lowest BCUT2D eigenvalue weighted by Gasteiger charge is -2.26. The number of methoxy groups -OCH3 is 1. The minimum Gasteiger partial charge on any atom is -0.496 e. The summed E-state index contributed by atoms with van der Waals surface area (Å²) in [6.45, 7) is 8.75. The lowest BCUT2D eigenvalue weighted by molar-refractivity contribution is -0.106. The fourth-order valence-corrected chi connectivity index (χ4v) is 2.52. The van der Waals surface area contributed by atoms with Crippen molar-refractivity contribution in [3.8, 4) is 11.5 Å². The van der Waals surface area contributed by atoms with Gasteiger partial charge in [0.25, 0.3) is 0 Å². The molecule has 2 unspecified atom stereocenters. The predicted molar refractivity (Wildman–Crippen MR) is 85.8 cm³/mol. The van der Waals surface area contributed by atoms with Gasteiger partial charge in [-0.2, -0.15) is 0 Å². The highest BCUT2D eigenvalue weighted by Gasteiger charge is 2.21. The average molecular weight is 304 g/mol. The minimum absolute atomic E-state index is 0.0863. The highest BCUT2D eigenvalue weighted by Crippen LogP contribution is 2.37. The van der Waals surface area contributed by atoms with Crippen molar-refractivity contribution >= 4 is 6.29 Å². The lowest BCUT2D eigenvalue weighted by atomic mass is 9.92. The normalized spacial score (nSPS) is 19.3. The molecule has 0 aliphatic carbocycles. The molecule has 0 aromatic heterocycles. The Morgan fingerprint density at radius 2 is 2.18 bits per heavy atom. The second-order valence-electron chi connectivity index (χ2n) is 5.73. The van der Waals surface area contributed by atoms with E-state index in [9.17, 15) is 4.79 Å². The van der Waals surface area contributed by atoms with E-state index in [0.29, 0.717) is 17.1 Å². The van der Waals surface area contributed by atoms with E-state index in [4.69, 9.17) is 14.2 Å². The Morgan fingerprint density at radius 3 is 2.73 bits per heavy atom. The Hall–Kier alpha value is -1.81. The number of allylic oxidation sites excluding steroid dienone is 1. The Labute approximate surface area is 132 Å². The zero-order valence-electron chi connectivity index (χ0n) is 13.6. The number of aldehydes is 1. The maximum Gasteiger partial charge on any atom is 0.199 e. The largest absolute Gasteiger partial charge is 0.496 e. The lowest BCUT2D eigenvalue weighted by Crippen LogP contribution is -2.25. The summed E-state index contributed by atoms with van der Waals surface area (Å²) in [6.07, 6.45) is 3.60. The van der Waals surface area contributed by atoms with E-state index in [1.807, 2.05) is 19.9 Å². The molecule has 1 aromatic rings. The molecule has 0 bridgehead atoms. The molecule has 1 saturated heterocycles. The number of carbonyl (C=O) groups excluding carboxylic acids is 1. The van der Waals surface area contributed by atoms with E-state index in [1.165, 1.54) is 0 Å². The maximum atomic E-state index is 11.3. The highest BCUT2D eigenvalue weighted by molar-refractivity contribution is 5.80. The van der Waals surface area contributed by atoms with Crippen LogP contribution in [0, 0.1) is 0 Å². The first-order chi connectivity index (χ1) is 10.6. The first-order valence-electron chi connectivity index (χ1n) is 7.67. The van der Waals surface area contributed by atoms with Crippen molar-refractivity contribution < 1.29 is 19.0 Å². The fraction of sp³-hybridized carbons (Fsp3) is 0.500. The molecule has 0 amide bonds. The van der Waals surface area contributed by atoms with Crippen molar-refractivity contribution in [2.45, 2.75) is 45.3 Å². The van der Waals surface area contributed by atoms with Crippen molar-refractivity contribution in [1.82, 2.24) is 0 Å². The van der Waals surface area contributed by atoms with Gasteiger partial charge >= 0.3 is 0 Å². The summed E-state index contributed by atoms with van der Waals surface area (Å²) in [6, 6.07) is 3.60. The smallest absolute Gasteiger partial charge is 0.199 e. The van der Waals surface area contributed by atoms with E-state index >= 15 is 0 Å². The van der Waals surface area contributed by atoms with Crippen molar-refractivity contribution in [3.63, 3.8) is 0 Å². The van der Waals surface area contributed by atoms with Crippen LogP contribution in [0.2, 0.25) is 0 Å². The Balaban J connectivity index is 2.38. The second kappa shape index (κ2) is 7.45. The Morgan fingerprint density at radius 1 is 1.41 bits per heavy atom. The van der Waals surface area contributed by atoms with Crippen LogP contribution in [0.3, 0.4) is 0 Å². The first kappa shape index (κ1) is 16.6. The van der Waals surface area contributed by atoms with Crippen LogP contribution in [0.15, 0.2) is 24.3 Å². The van der Waals surface area contributed by atoms with Crippen molar-refractivity contribution in [2.75, 3.05) is 13.7 Å². The summed E-state index contributed by atoms with van der Waals surface area (Å²) in [4.78, 5) is 11.3. The van der Waals surface area contributed by atoms with Crippen molar-refractivity contribution in [1.29, 1.82) is 0 Å². The predicted octanol–water partition coefficient (Wildman–Crippen LogP) is 4.09. The summed E-state index contributed by atoms with van der Waals surface area (Å²) in [7, 11) is 1.55. The third-order valence-corrected chi connectivity index (χ3v) is 4.09. The molecule has 0 spiro atoms. The highest BCUT2D eigenvalue weighted by atomic mass is 16.7. The quantitative estimate of drug-likeness (QED) is 0.586. The second-order valence-corrected chi connectivity index (χ2v) is 5.73. The number of hydrogen-bond acceptors (Lipinski definition) is 4. The molecule has 0 radical (unpaired) electrons. The molecule has 22 heavy (non-hydrogen) atoms. The van der Waals surface area contributed by atoms with Crippen LogP contribution < -0.4 is 9.47 Å². The van der Waals surface area contributed by atoms with Crippen LogP contribution in [0.25, 0.3) is 0 Å². The molecule has 1 aliphatic rings. The van der Waals surface area contributed by atoms with Crippen molar-refractivity contribution in [3.05, 3.63) is 35.4 Å². The van der Waals surface area contributed by atoms with Gasteiger partial charge in [0.05, 0.1) is 19.3 Å². The molecular weight excluding hydrogens is 280 g/mol. The summed E-state index contributed by atoms with van der Waals surface area (Å²) in [5.41, 5.74) is 2.46. The molecule has 120 valence electrons. The van der Waals surface area contributed by atoms with Crippen LogP contribution in [0.1, 0.15) is 54.9 Å². The van der Waals surface area contributed by atoms with Crippen LogP contribution >= 0.6 is 0 Å². The minimum atomic E-state index is -0.239. The third-order valence-electron chi connectivity index (χ3n) is 4.09. The van der Waals surface area contributed by atoms with Gasteiger partial charge in [-0.05, 0) is 25.8 Å². The van der Waals surface area contributed by atoms with Gasteiger partial charge in [-0.25, -0.2) is 0 Å². The van der Waals surface area contributed by atoms with Gasteiger partial charge in [0, 0.05) is 24.0 Å². The van der Waals surface area contributed by atoms with Crippen molar-refractivity contribution in [2.24, 2.45) is 0 Å². The van der Waals surface area contributed by atoms with E-state index in [2.05, 4.69) is 6.58 Å². The molecule has 2 atom stereocenters. The van der Waals surface area contributed by atoms with Crippen LogP contribution in [-0.2, 0) is 4.74 Å². The zero-order chi connectivity index (χ0) is 16.1. The molecule has 4 nitrogen and oxygen atoms in total. The van der Waals surface area contributed by atoms with Gasteiger partial charge in [0.2, 0.25) is 0 Å². The Bertz CT molecular complexity index is 544. The summed E-state index contributed by atoms with van der Waals surface area (Å²) in [5, 5.41) is 0. The van der Waals surface area contributed by atoms with E-state index in [1.54, 1.807) is 13.2 Å². The molecule has 1 aliphatic heterocycles. The number of rotatable bonds is 6. The van der Waals surface area contributed by atoms with Crippen LogP contribution in [-0.4, -0.2) is 26.3 Å².